The highest BCUT2D eigenvalue weighted by Gasteiger charge is 2.50. The van der Waals surface area contributed by atoms with E-state index in [1.807, 2.05) is 18.2 Å². The van der Waals surface area contributed by atoms with Gasteiger partial charge in [-0.25, -0.2) is 9.69 Å². The van der Waals surface area contributed by atoms with E-state index in [9.17, 15) is 9.59 Å². The van der Waals surface area contributed by atoms with Gasteiger partial charge in [0.2, 0.25) is 0 Å². The number of amides is 3. The van der Waals surface area contributed by atoms with E-state index in [1.165, 1.54) is 37.0 Å². The second-order valence-electron chi connectivity index (χ2n) is 8.85. The third kappa shape index (κ3) is 3.16. The lowest BCUT2D eigenvalue weighted by Gasteiger charge is -2.45. The Hall–Kier alpha value is -2.28. The van der Waals surface area contributed by atoms with Gasteiger partial charge in [0.05, 0.1) is 6.67 Å². The second-order valence-corrected chi connectivity index (χ2v) is 8.85. The van der Waals surface area contributed by atoms with Crippen molar-refractivity contribution in [3.05, 3.63) is 23.8 Å². The van der Waals surface area contributed by atoms with E-state index in [2.05, 4.69) is 10.2 Å². The normalized spacial score (nSPS) is 32.1. The smallest absolute Gasteiger partial charge is 0.326 e. The van der Waals surface area contributed by atoms with Crippen molar-refractivity contribution in [2.75, 3.05) is 26.4 Å². The Bertz CT molecular complexity index is 826. The van der Waals surface area contributed by atoms with Crippen LogP contribution in [0.1, 0.15) is 51.0 Å². The van der Waals surface area contributed by atoms with Crippen LogP contribution in [0.25, 0.3) is 0 Å². The van der Waals surface area contributed by atoms with Crippen LogP contribution in [0.3, 0.4) is 0 Å². The van der Waals surface area contributed by atoms with Gasteiger partial charge in [0, 0.05) is 12.6 Å². The molecule has 1 saturated carbocycles. The fourth-order valence-corrected chi connectivity index (χ4v) is 5.46. The first-order valence-corrected chi connectivity index (χ1v) is 10.8. The molecule has 7 nitrogen and oxygen atoms in total. The number of ether oxygens (including phenoxy) is 2. The van der Waals surface area contributed by atoms with E-state index in [0.717, 1.165) is 18.5 Å². The highest BCUT2D eigenvalue weighted by atomic mass is 16.6. The number of hydrogen-bond donors (Lipinski definition) is 1. The number of imide groups is 1. The predicted molar refractivity (Wildman–Crippen MR) is 107 cm³/mol. The van der Waals surface area contributed by atoms with Crippen molar-refractivity contribution in [3.63, 3.8) is 0 Å². The van der Waals surface area contributed by atoms with Crippen molar-refractivity contribution in [2.45, 2.75) is 57.0 Å². The first kappa shape index (κ1) is 18.7. The molecule has 0 spiro atoms. The summed E-state index contributed by atoms with van der Waals surface area (Å²) in [6.45, 7) is 4.12. The molecule has 1 aromatic carbocycles. The largest absolute Gasteiger partial charge is 0.486 e. The average molecular weight is 399 g/mol. The monoisotopic (exact) mass is 399 g/mol. The molecule has 0 bridgehead atoms. The zero-order valence-corrected chi connectivity index (χ0v) is 17.0. The number of likely N-dealkylation sites (tertiary alicyclic amines) is 1. The number of hydrogen-bond acceptors (Lipinski definition) is 5. The van der Waals surface area contributed by atoms with Crippen molar-refractivity contribution >= 4 is 11.9 Å². The number of urea groups is 1. The Morgan fingerprint density at radius 2 is 1.83 bits per heavy atom. The summed E-state index contributed by atoms with van der Waals surface area (Å²) < 4.78 is 11.2. The molecule has 1 aromatic rings. The topological polar surface area (TPSA) is 71.1 Å². The molecule has 29 heavy (non-hydrogen) atoms. The molecular weight excluding hydrogens is 370 g/mol. The van der Waals surface area contributed by atoms with Crippen molar-refractivity contribution in [1.29, 1.82) is 0 Å². The molecule has 0 aromatic heterocycles. The van der Waals surface area contributed by atoms with E-state index in [1.54, 1.807) is 6.92 Å². The molecule has 0 radical (unpaired) electrons. The first-order valence-electron chi connectivity index (χ1n) is 10.8. The molecule has 3 amide bonds. The lowest BCUT2D eigenvalue weighted by Crippen LogP contribution is -2.52. The van der Waals surface area contributed by atoms with Gasteiger partial charge in [-0.3, -0.25) is 9.69 Å². The van der Waals surface area contributed by atoms with E-state index in [0.29, 0.717) is 43.3 Å². The van der Waals surface area contributed by atoms with Crippen LogP contribution < -0.4 is 14.8 Å². The number of carbonyl (C=O) groups is 2. The summed E-state index contributed by atoms with van der Waals surface area (Å²) in [6.07, 6.45) is 7.41. The van der Waals surface area contributed by atoms with Gasteiger partial charge >= 0.3 is 6.03 Å². The summed E-state index contributed by atoms with van der Waals surface area (Å²) in [5.74, 6) is 1.81. The summed E-state index contributed by atoms with van der Waals surface area (Å²) in [7, 11) is 0. The molecule has 156 valence electrons. The van der Waals surface area contributed by atoms with Crippen LogP contribution in [-0.4, -0.2) is 54.2 Å². The minimum atomic E-state index is -1.09. The molecule has 5 rings (SSSR count). The van der Waals surface area contributed by atoms with Gasteiger partial charge in [0.15, 0.2) is 11.5 Å². The number of nitrogens with one attached hydrogen (secondary N) is 1. The van der Waals surface area contributed by atoms with Gasteiger partial charge in [0.1, 0.15) is 18.8 Å². The number of piperidine rings is 1. The van der Waals surface area contributed by atoms with E-state index in [-0.39, 0.29) is 11.9 Å². The number of benzene rings is 1. The summed E-state index contributed by atoms with van der Waals surface area (Å²) >= 11 is 0. The number of carbonyl (C=O) groups excluding carboxylic acids is 2. The van der Waals surface area contributed by atoms with Crippen molar-refractivity contribution in [3.8, 4) is 11.5 Å². The molecule has 4 aliphatic rings. The van der Waals surface area contributed by atoms with Gasteiger partial charge < -0.3 is 14.8 Å². The lowest BCUT2D eigenvalue weighted by molar-refractivity contribution is -0.133. The molecule has 7 heteroatoms. The van der Waals surface area contributed by atoms with Gasteiger partial charge in [-0.2, -0.15) is 0 Å². The maximum Gasteiger partial charge on any atom is 0.326 e. The van der Waals surface area contributed by atoms with Crippen LogP contribution in [0, 0.1) is 5.92 Å². The highest BCUT2D eigenvalue weighted by molar-refractivity contribution is 6.07. The quantitative estimate of drug-likeness (QED) is 0.792. The fraction of sp³-hybridized carbons (Fsp3) is 0.636. The Balaban J connectivity index is 1.36. The Morgan fingerprint density at radius 1 is 1.07 bits per heavy atom. The van der Waals surface area contributed by atoms with E-state index >= 15 is 0 Å². The third-order valence-corrected chi connectivity index (χ3v) is 7.08. The molecule has 3 fully saturated rings. The van der Waals surface area contributed by atoms with Crippen molar-refractivity contribution in [1.82, 2.24) is 15.1 Å². The van der Waals surface area contributed by atoms with Gasteiger partial charge in [-0.1, -0.05) is 18.9 Å². The molecule has 3 heterocycles. The summed E-state index contributed by atoms with van der Waals surface area (Å²) in [5, 5.41) is 2.93. The number of rotatable bonds is 3. The summed E-state index contributed by atoms with van der Waals surface area (Å²) in [4.78, 5) is 29.9. The summed E-state index contributed by atoms with van der Waals surface area (Å²) in [5.41, 5.74) is -0.369. The molecule has 3 atom stereocenters. The fourth-order valence-electron chi connectivity index (χ4n) is 5.46. The Labute approximate surface area is 171 Å². The van der Waals surface area contributed by atoms with Crippen LogP contribution in [0.4, 0.5) is 4.79 Å². The van der Waals surface area contributed by atoms with Crippen LogP contribution >= 0.6 is 0 Å². The van der Waals surface area contributed by atoms with Crippen LogP contribution in [0.15, 0.2) is 18.2 Å². The average Bonchev–Trinajstić information content (AvgIpc) is 2.97. The van der Waals surface area contributed by atoms with Crippen molar-refractivity contribution < 1.29 is 19.1 Å². The summed E-state index contributed by atoms with van der Waals surface area (Å²) in [6, 6.07) is 5.65. The van der Waals surface area contributed by atoms with Crippen LogP contribution in [0.5, 0.6) is 11.5 Å². The molecule has 1 aliphatic carbocycles. The second kappa shape index (κ2) is 7.20. The molecule has 1 N–H and O–H groups in total. The van der Waals surface area contributed by atoms with Gasteiger partial charge in [-0.15, -0.1) is 0 Å². The minimum Gasteiger partial charge on any atom is -0.486 e. The number of nitrogens with zero attached hydrogens (tertiary/aromatic N) is 2. The maximum atomic E-state index is 13.4. The van der Waals surface area contributed by atoms with Gasteiger partial charge in [0.25, 0.3) is 5.91 Å². The van der Waals surface area contributed by atoms with Gasteiger partial charge in [-0.05, 0) is 56.2 Å². The molecule has 2 saturated heterocycles. The van der Waals surface area contributed by atoms with E-state index < -0.39 is 5.54 Å². The minimum absolute atomic E-state index is 0.197. The predicted octanol–water partition coefficient (Wildman–Crippen LogP) is 2.84. The Kier molecular flexibility index (Phi) is 4.65. The van der Waals surface area contributed by atoms with Crippen LogP contribution in [0.2, 0.25) is 0 Å². The molecule has 0 unspecified atom stereocenters. The molecular formula is C22H29N3O4. The zero-order valence-electron chi connectivity index (χ0n) is 17.0. The Morgan fingerprint density at radius 3 is 2.69 bits per heavy atom. The standard InChI is InChI=1S/C22H29N3O4/c1-22(16-8-9-18-19(13-16)29-12-11-28-18)20(26)25(21(27)23-22)14-24-10-4-6-15-5-2-3-7-17(15)24/h8-9,13,15,17H,2-7,10-12,14H2,1H3,(H,23,27)/t15-,17-,22-/m1/s1. The van der Waals surface area contributed by atoms with Crippen molar-refractivity contribution in [2.24, 2.45) is 5.92 Å². The SMILES string of the molecule is C[C@]1(c2ccc3c(c2)OCCO3)NC(=O)N(CN2CCC[C@H]3CCCC[C@H]32)C1=O. The van der Waals surface area contributed by atoms with Crippen LogP contribution in [-0.2, 0) is 10.3 Å². The maximum absolute atomic E-state index is 13.4. The first-order chi connectivity index (χ1) is 14.1. The highest BCUT2D eigenvalue weighted by Crippen LogP contribution is 2.38. The lowest BCUT2D eigenvalue weighted by atomic mass is 9.78. The number of fused-ring (bicyclic) bond motifs is 2. The third-order valence-electron chi connectivity index (χ3n) is 7.08. The zero-order chi connectivity index (χ0) is 20.0. The van der Waals surface area contributed by atoms with E-state index in [4.69, 9.17) is 9.47 Å². The molecule has 3 aliphatic heterocycles.